The highest BCUT2D eigenvalue weighted by molar-refractivity contribution is 9.10. The summed E-state index contributed by atoms with van der Waals surface area (Å²) in [6.07, 6.45) is 1.96. The fourth-order valence-corrected chi connectivity index (χ4v) is 4.13. The lowest BCUT2D eigenvalue weighted by molar-refractivity contribution is 0.0955. The van der Waals surface area contributed by atoms with Gasteiger partial charge in [0.25, 0.3) is 5.91 Å². The molecule has 22 heavy (non-hydrogen) atoms. The normalized spacial score (nSPS) is 11.7. The number of carbonyl (C=O) groups excluding carboxylic acids is 1. The summed E-state index contributed by atoms with van der Waals surface area (Å²) in [5.74, 6) is 0.526. The van der Waals surface area contributed by atoms with Crippen LogP contribution < -0.4 is 5.32 Å². The number of nitrogens with zero attached hydrogens (tertiary/aromatic N) is 1. The number of amides is 1. The van der Waals surface area contributed by atoms with Crippen molar-refractivity contribution in [3.05, 3.63) is 28.2 Å². The predicted octanol–water partition coefficient (Wildman–Crippen LogP) is 2.57. The monoisotopic (exact) mass is 408 g/mol. The van der Waals surface area contributed by atoms with Gasteiger partial charge in [-0.25, -0.2) is 8.42 Å². The number of carbonyl (C=O) groups is 1. The second-order valence-electron chi connectivity index (χ2n) is 4.48. The van der Waals surface area contributed by atoms with Gasteiger partial charge in [0.15, 0.2) is 0 Å². The van der Waals surface area contributed by atoms with E-state index in [1.165, 1.54) is 16.4 Å². The van der Waals surface area contributed by atoms with Crippen molar-refractivity contribution in [1.29, 1.82) is 0 Å². The standard InChI is InChI=1S/C14H21BrN2O3S2/c1-4-17(5-2)22(19,20)11-6-7-13(15)12(10-11)14(18)16-8-9-21-3/h6-7,10H,4-5,8-9H2,1-3H3,(H,16,18). The lowest BCUT2D eigenvalue weighted by atomic mass is 10.2. The molecule has 1 amide bonds. The molecule has 1 N–H and O–H groups in total. The van der Waals surface area contributed by atoms with Crippen molar-refractivity contribution in [3.8, 4) is 0 Å². The first-order chi connectivity index (χ1) is 10.4. The van der Waals surface area contributed by atoms with Crippen LogP contribution in [-0.4, -0.2) is 50.3 Å². The smallest absolute Gasteiger partial charge is 0.252 e. The third kappa shape index (κ3) is 4.71. The minimum atomic E-state index is -3.57. The van der Waals surface area contributed by atoms with Crippen LogP contribution in [0, 0.1) is 0 Å². The summed E-state index contributed by atoms with van der Waals surface area (Å²) in [7, 11) is -3.57. The summed E-state index contributed by atoms with van der Waals surface area (Å²) in [6, 6.07) is 4.53. The largest absolute Gasteiger partial charge is 0.351 e. The third-order valence-electron chi connectivity index (χ3n) is 3.12. The molecule has 0 saturated carbocycles. The van der Waals surface area contributed by atoms with E-state index < -0.39 is 10.0 Å². The highest BCUT2D eigenvalue weighted by Gasteiger charge is 2.23. The molecule has 1 rings (SSSR count). The van der Waals surface area contributed by atoms with Crippen LogP contribution in [0.2, 0.25) is 0 Å². The van der Waals surface area contributed by atoms with Crippen molar-refractivity contribution in [2.45, 2.75) is 18.7 Å². The molecule has 0 aromatic heterocycles. The van der Waals surface area contributed by atoms with Crippen LogP contribution in [0.15, 0.2) is 27.6 Å². The van der Waals surface area contributed by atoms with Crippen molar-refractivity contribution in [2.24, 2.45) is 0 Å². The van der Waals surface area contributed by atoms with Gasteiger partial charge in [-0.2, -0.15) is 16.1 Å². The number of sulfonamides is 1. The number of nitrogens with one attached hydrogen (secondary N) is 1. The topological polar surface area (TPSA) is 66.5 Å². The van der Waals surface area contributed by atoms with E-state index in [0.717, 1.165) is 5.75 Å². The van der Waals surface area contributed by atoms with Crippen LogP contribution in [-0.2, 0) is 10.0 Å². The summed E-state index contributed by atoms with van der Waals surface area (Å²) in [5, 5.41) is 2.78. The van der Waals surface area contributed by atoms with E-state index >= 15 is 0 Å². The first kappa shape index (κ1) is 19.5. The summed E-state index contributed by atoms with van der Waals surface area (Å²) < 4.78 is 27.0. The number of rotatable bonds is 8. The van der Waals surface area contributed by atoms with E-state index in [2.05, 4.69) is 21.2 Å². The number of hydrogen-bond donors (Lipinski definition) is 1. The molecule has 124 valence electrons. The first-order valence-corrected chi connectivity index (χ1v) is 10.6. The number of hydrogen-bond acceptors (Lipinski definition) is 4. The Bertz CT molecular complexity index is 617. The average Bonchev–Trinajstić information content (AvgIpc) is 2.48. The highest BCUT2D eigenvalue weighted by atomic mass is 79.9. The second kappa shape index (κ2) is 8.90. The van der Waals surface area contributed by atoms with Gasteiger partial charge in [0, 0.05) is 29.9 Å². The zero-order valence-electron chi connectivity index (χ0n) is 12.9. The van der Waals surface area contributed by atoms with Crippen LogP contribution in [0.3, 0.4) is 0 Å². The fraction of sp³-hybridized carbons (Fsp3) is 0.500. The molecular weight excluding hydrogens is 388 g/mol. The van der Waals surface area contributed by atoms with Crippen molar-refractivity contribution in [1.82, 2.24) is 9.62 Å². The van der Waals surface area contributed by atoms with Gasteiger partial charge in [-0.15, -0.1) is 0 Å². The Hall–Kier alpha value is -0.570. The Balaban J connectivity index is 3.11. The van der Waals surface area contributed by atoms with E-state index in [9.17, 15) is 13.2 Å². The van der Waals surface area contributed by atoms with Crippen molar-refractivity contribution >= 4 is 43.6 Å². The third-order valence-corrected chi connectivity index (χ3v) is 6.47. The van der Waals surface area contributed by atoms with Crippen LogP contribution in [0.5, 0.6) is 0 Å². The van der Waals surface area contributed by atoms with E-state index in [1.54, 1.807) is 31.7 Å². The minimum Gasteiger partial charge on any atom is -0.351 e. The van der Waals surface area contributed by atoms with Gasteiger partial charge in [-0.1, -0.05) is 13.8 Å². The van der Waals surface area contributed by atoms with E-state index in [1.807, 2.05) is 6.26 Å². The highest BCUT2D eigenvalue weighted by Crippen LogP contribution is 2.23. The fourth-order valence-electron chi connectivity index (χ4n) is 1.91. The van der Waals surface area contributed by atoms with E-state index in [4.69, 9.17) is 0 Å². The molecule has 1 aromatic carbocycles. The Morgan fingerprint density at radius 3 is 2.50 bits per heavy atom. The SMILES string of the molecule is CCN(CC)S(=O)(=O)c1ccc(Br)c(C(=O)NCCSC)c1. The van der Waals surface area contributed by atoms with Gasteiger partial charge in [0.05, 0.1) is 10.5 Å². The van der Waals surface area contributed by atoms with Crippen molar-refractivity contribution < 1.29 is 13.2 Å². The van der Waals surface area contributed by atoms with Crippen LogP contribution >= 0.6 is 27.7 Å². The zero-order valence-corrected chi connectivity index (χ0v) is 16.1. The molecule has 0 unspecified atom stereocenters. The molecule has 0 aliphatic heterocycles. The van der Waals surface area contributed by atoms with Gasteiger partial charge in [-0.3, -0.25) is 4.79 Å². The molecule has 0 bridgehead atoms. The summed E-state index contributed by atoms with van der Waals surface area (Å²) in [6.45, 7) is 4.90. The van der Waals surface area contributed by atoms with Crippen molar-refractivity contribution in [3.63, 3.8) is 0 Å². The lowest BCUT2D eigenvalue weighted by Gasteiger charge is -2.19. The van der Waals surface area contributed by atoms with Crippen LogP contribution in [0.1, 0.15) is 24.2 Å². The maximum absolute atomic E-state index is 12.5. The average molecular weight is 409 g/mol. The quantitative estimate of drug-likeness (QED) is 0.671. The molecule has 8 heteroatoms. The predicted molar refractivity (Wildman–Crippen MR) is 95.0 cm³/mol. The number of thioether (sulfide) groups is 1. The van der Waals surface area contributed by atoms with Gasteiger partial charge in [0.2, 0.25) is 10.0 Å². The molecular formula is C14H21BrN2O3S2. The molecule has 0 radical (unpaired) electrons. The minimum absolute atomic E-state index is 0.134. The Morgan fingerprint density at radius 2 is 1.95 bits per heavy atom. The molecule has 0 atom stereocenters. The molecule has 1 aromatic rings. The summed E-state index contributed by atoms with van der Waals surface area (Å²) in [5.41, 5.74) is 0.328. The first-order valence-electron chi connectivity index (χ1n) is 6.95. The molecule has 0 aliphatic carbocycles. The Labute approximate surface area is 145 Å². The zero-order chi connectivity index (χ0) is 16.8. The molecule has 0 aliphatic rings. The molecule has 0 spiro atoms. The molecule has 5 nitrogen and oxygen atoms in total. The Morgan fingerprint density at radius 1 is 1.32 bits per heavy atom. The molecule has 0 fully saturated rings. The van der Waals surface area contributed by atoms with Crippen LogP contribution in [0.25, 0.3) is 0 Å². The summed E-state index contributed by atoms with van der Waals surface area (Å²) in [4.78, 5) is 12.3. The lowest BCUT2D eigenvalue weighted by Crippen LogP contribution is -2.31. The van der Waals surface area contributed by atoms with Gasteiger partial charge in [-0.05, 0) is 40.4 Å². The van der Waals surface area contributed by atoms with Crippen LogP contribution in [0.4, 0.5) is 0 Å². The maximum atomic E-state index is 12.5. The number of benzene rings is 1. The van der Waals surface area contributed by atoms with Gasteiger partial charge >= 0.3 is 0 Å². The Kier molecular flexibility index (Phi) is 7.88. The molecule has 0 saturated heterocycles. The maximum Gasteiger partial charge on any atom is 0.252 e. The van der Waals surface area contributed by atoms with E-state index in [0.29, 0.717) is 29.7 Å². The van der Waals surface area contributed by atoms with E-state index in [-0.39, 0.29) is 10.8 Å². The summed E-state index contributed by atoms with van der Waals surface area (Å²) >= 11 is 4.93. The van der Waals surface area contributed by atoms with Gasteiger partial charge in [0.1, 0.15) is 0 Å². The van der Waals surface area contributed by atoms with Gasteiger partial charge < -0.3 is 5.32 Å². The van der Waals surface area contributed by atoms with Crippen molar-refractivity contribution in [2.75, 3.05) is 31.6 Å². The second-order valence-corrected chi connectivity index (χ2v) is 8.26. The number of halogens is 1. The molecule has 0 heterocycles.